The summed E-state index contributed by atoms with van der Waals surface area (Å²) in [4.78, 5) is 40.0. The summed E-state index contributed by atoms with van der Waals surface area (Å²) in [6.07, 6.45) is 0. The summed E-state index contributed by atoms with van der Waals surface area (Å²) >= 11 is 1.32. The van der Waals surface area contributed by atoms with Crippen LogP contribution in [0.4, 0.5) is 22.0 Å². The Kier molecular flexibility index (Phi) is 8.00. The van der Waals surface area contributed by atoms with Crippen molar-refractivity contribution in [2.45, 2.75) is 11.4 Å². The zero-order chi connectivity index (χ0) is 27.6. The van der Waals surface area contributed by atoms with E-state index in [2.05, 4.69) is 0 Å². The first-order valence-electron chi connectivity index (χ1n) is 11.2. The molecule has 2 amide bonds. The first-order valence-corrected chi connectivity index (χ1v) is 12.2. The molecule has 0 aliphatic carbocycles. The van der Waals surface area contributed by atoms with E-state index in [9.17, 15) is 41.4 Å². The van der Waals surface area contributed by atoms with E-state index < -0.39 is 76.9 Å². The molecule has 1 fully saturated rings. The number of thioether (sulfide) groups is 1. The zero-order valence-electron chi connectivity index (χ0n) is 19.4. The van der Waals surface area contributed by atoms with E-state index in [0.29, 0.717) is 10.5 Å². The molecule has 6 nitrogen and oxygen atoms in total. The smallest absolute Gasteiger partial charge is 0.323 e. The van der Waals surface area contributed by atoms with Crippen molar-refractivity contribution in [1.82, 2.24) is 9.80 Å². The summed E-state index contributed by atoms with van der Waals surface area (Å²) in [7, 11) is 0. The molecule has 1 heterocycles. The Balaban J connectivity index is 1.73. The number of rotatable bonds is 7. The predicted octanol–water partition coefficient (Wildman–Crippen LogP) is 4.87. The van der Waals surface area contributed by atoms with Crippen LogP contribution in [0.25, 0.3) is 0 Å². The molecule has 0 saturated carbocycles. The van der Waals surface area contributed by atoms with Gasteiger partial charge in [-0.15, -0.1) is 11.8 Å². The van der Waals surface area contributed by atoms with Gasteiger partial charge in [-0.3, -0.25) is 14.4 Å². The van der Waals surface area contributed by atoms with Crippen molar-refractivity contribution in [3.8, 4) is 0 Å². The van der Waals surface area contributed by atoms with Gasteiger partial charge in [-0.1, -0.05) is 48.5 Å². The van der Waals surface area contributed by atoms with Gasteiger partial charge in [0.15, 0.2) is 23.3 Å². The lowest BCUT2D eigenvalue weighted by Gasteiger charge is -2.33. The van der Waals surface area contributed by atoms with Crippen LogP contribution in [0.5, 0.6) is 0 Å². The maximum atomic E-state index is 14.4. The topological polar surface area (TPSA) is 77.9 Å². The van der Waals surface area contributed by atoms with Crippen molar-refractivity contribution in [2.24, 2.45) is 0 Å². The van der Waals surface area contributed by atoms with Gasteiger partial charge in [-0.2, -0.15) is 0 Å². The fraction of sp³-hybridized carbons (Fsp3) is 0.192. The molecule has 38 heavy (non-hydrogen) atoms. The molecule has 4 rings (SSSR count). The molecule has 2 atom stereocenters. The number of benzene rings is 3. The van der Waals surface area contributed by atoms with Crippen LogP contribution in [0.2, 0.25) is 0 Å². The molecule has 0 aromatic heterocycles. The summed E-state index contributed by atoms with van der Waals surface area (Å²) in [6, 6.07) is 16.1. The van der Waals surface area contributed by atoms with E-state index >= 15 is 0 Å². The van der Waals surface area contributed by atoms with Crippen molar-refractivity contribution in [1.29, 1.82) is 0 Å². The quantitative estimate of drug-likeness (QED) is 0.258. The van der Waals surface area contributed by atoms with Crippen LogP contribution < -0.4 is 0 Å². The van der Waals surface area contributed by atoms with Gasteiger partial charge in [0.2, 0.25) is 5.82 Å². The lowest BCUT2D eigenvalue weighted by molar-refractivity contribution is -0.137. The van der Waals surface area contributed by atoms with Gasteiger partial charge >= 0.3 is 5.97 Å². The number of aliphatic carboxylic acids is 1. The highest BCUT2D eigenvalue weighted by Crippen LogP contribution is 2.42. The van der Waals surface area contributed by atoms with E-state index in [1.165, 1.54) is 16.7 Å². The Morgan fingerprint density at radius 1 is 0.842 bits per heavy atom. The molecule has 1 aliphatic heterocycles. The van der Waals surface area contributed by atoms with Gasteiger partial charge < -0.3 is 14.9 Å². The van der Waals surface area contributed by atoms with Crippen molar-refractivity contribution in [2.75, 3.05) is 18.8 Å². The highest BCUT2D eigenvalue weighted by Gasteiger charge is 2.41. The Morgan fingerprint density at radius 2 is 1.37 bits per heavy atom. The number of amides is 2. The number of carboxylic acids is 1. The normalized spacial score (nSPS) is 16.9. The summed E-state index contributed by atoms with van der Waals surface area (Å²) in [5.74, 6) is -15.4. The van der Waals surface area contributed by atoms with E-state index in [0.717, 1.165) is 5.56 Å². The van der Waals surface area contributed by atoms with Crippen LogP contribution in [-0.4, -0.2) is 57.6 Å². The monoisotopic (exact) mass is 550 g/mol. The number of carbonyl (C=O) groups excluding carboxylic acids is 2. The zero-order valence-corrected chi connectivity index (χ0v) is 20.2. The van der Waals surface area contributed by atoms with Crippen LogP contribution in [0.1, 0.15) is 31.7 Å². The minimum absolute atomic E-state index is 0.193. The second kappa shape index (κ2) is 11.2. The minimum Gasteiger partial charge on any atom is -0.480 e. The molecule has 3 aromatic carbocycles. The van der Waals surface area contributed by atoms with Crippen LogP contribution in [-0.2, 0) is 4.79 Å². The maximum Gasteiger partial charge on any atom is 0.323 e. The highest BCUT2D eigenvalue weighted by molar-refractivity contribution is 7.99. The molecular weight excluding hydrogens is 531 g/mol. The molecule has 1 saturated heterocycles. The van der Waals surface area contributed by atoms with Crippen LogP contribution in [0.15, 0.2) is 60.7 Å². The summed E-state index contributed by atoms with van der Waals surface area (Å²) in [5.41, 5.74) is -0.731. The van der Waals surface area contributed by atoms with Crippen molar-refractivity contribution < 1.29 is 41.4 Å². The third-order valence-electron chi connectivity index (χ3n) is 5.90. The number of halogens is 5. The number of nitrogens with zero attached hydrogens (tertiary/aromatic N) is 2. The third kappa shape index (κ3) is 5.21. The summed E-state index contributed by atoms with van der Waals surface area (Å²) < 4.78 is 69.9. The van der Waals surface area contributed by atoms with Crippen LogP contribution in [0.3, 0.4) is 0 Å². The Hall–Kier alpha value is -3.93. The molecule has 12 heteroatoms. The van der Waals surface area contributed by atoms with Crippen molar-refractivity contribution in [3.63, 3.8) is 0 Å². The summed E-state index contributed by atoms with van der Waals surface area (Å²) in [5, 5.41) is 8.80. The molecule has 1 N–H and O–H groups in total. The Morgan fingerprint density at radius 3 is 1.92 bits per heavy atom. The van der Waals surface area contributed by atoms with E-state index in [4.69, 9.17) is 0 Å². The number of carbonyl (C=O) groups is 3. The molecule has 0 bridgehead atoms. The molecule has 0 radical (unpaired) electrons. The molecule has 1 unspecified atom stereocenters. The van der Waals surface area contributed by atoms with E-state index in [-0.39, 0.29) is 5.75 Å². The van der Waals surface area contributed by atoms with Gasteiger partial charge in [0.1, 0.15) is 17.5 Å². The minimum atomic E-state index is -2.45. The first-order chi connectivity index (χ1) is 18.1. The van der Waals surface area contributed by atoms with Crippen LogP contribution in [0, 0.1) is 29.1 Å². The number of hydrogen-bond acceptors (Lipinski definition) is 4. The lowest BCUT2D eigenvalue weighted by Crippen LogP contribution is -2.48. The Bertz CT molecular complexity index is 1350. The second-order valence-electron chi connectivity index (χ2n) is 8.35. The van der Waals surface area contributed by atoms with Gasteiger partial charge in [0.25, 0.3) is 11.8 Å². The standard InChI is InChI=1S/C26H19F5N2O4S/c27-19-18(20(28)22(30)23(31)21(19)29)25(37)32(12-17(34)35)11-16-13-38-26(15-9-5-2-6-10-15)33(16)24(36)14-7-3-1-4-8-14/h1-10,16,26H,11-13H2,(H,34,35)/t16-,26?/m1/s1. The maximum absolute atomic E-state index is 14.4. The fourth-order valence-electron chi connectivity index (χ4n) is 4.16. The third-order valence-corrected chi connectivity index (χ3v) is 7.29. The van der Waals surface area contributed by atoms with E-state index in [1.807, 2.05) is 0 Å². The molecule has 1 aliphatic rings. The molecule has 3 aromatic rings. The molecular formula is C26H19F5N2O4S. The van der Waals surface area contributed by atoms with Gasteiger partial charge in [0.05, 0.1) is 6.04 Å². The Labute approximate surface area is 217 Å². The second-order valence-corrected chi connectivity index (χ2v) is 9.47. The van der Waals surface area contributed by atoms with Gasteiger partial charge in [-0.25, -0.2) is 22.0 Å². The fourth-order valence-corrected chi connectivity index (χ4v) is 5.61. The molecule has 198 valence electrons. The van der Waals surface area contributed by atoms with Crippen LogP contribution >= 0.6 is 11.8 Å². The van der Waals surface area contributed by atoms with Crippen molar-refractivity contribution in [3.05, 3.63) is 106 Å². The predicted molar refractivity (Wildman–Crippen MR) is 128 cm³/mol. The first kappa shape index (κ1) is 27.1. The number of carboxylic acid groups (broad SMARTS) is 1. The number of hydrogen-bond donors (Lipinski definition) is 1. The SMILES string of the molecule is O=C(O)CN(C[C@@H]1CSC(c2ccccc2)N1C(=O)c1ccccc1)C(=O)c1c(F)c(F)c(F)c(F)c1F. The average Bonchev–Trinajstić information content (AvgIpc) is 3.34. The molecule has 0 spiro atoms. The van der Waals surface area contributed by atoms with Gasteiger partial charge in [0, 0.05) is 17.9 Å². The average molecular weight is 551 g/mol. The van der Waals surface area contributed by atoms with E-state index in [1.54, 1.807) is 60.7 Å². The lowest BCUT2D eigenvalue weighted by atomic mass is 10.1. The largest absolute Gasteiger partial charge is 0.480 e. The van der Waals surface area contributed by atoms with Crippen molar-refractivity contribution >= 4 is 29.5 Å². The summed E-state index contributed by atoms with van der Waals surface area (Å²) in [6.45, 7) is -1.65. The van der Waals surface area contributed by atoms with Gasteiger partial charge in [-0.05, 0) is 17.7 Å². The highest BCUT2D eigenvalue weighted by atomic mass is 32.2.